The lowest BCUT2D eigenvalue weighted by molar-refractivity contribution is -0.00549. The molecule has 1 aromatic carbocycles. The van der Waals surface area contributed by atoms with Gasteiger partial charge in [-0.2, -0.15) is 4.98 Å². The van der Waals surface area contributed by atoms with Crippen molar-refractivity contribution in [2.75, 3.05) is 13.2 Å². The molecule has 0 bridgehead atoms. The smallest absolute Gasteiger partial charge is 0.312 e. The third-order valence-corrected chi connectivity index (χ3v) is 5.56. The molecule has 3 N–H and O–H groups in total. The number of nitrogens with zero attached hydrogens (tertiary/aromatic N) is 2. The largest absolute Gasteiger partial charge is 0.486 e. The normalized spacial score (nSPS) is 19.8. The van der Waals surface area contributed by atoms with E-state index in [9.17, 15) is 18.0 Å². The molecule has 1 saturated carbocycles. The van der Waals surface area contributed by atoms with E-state index in [1.54, 1.807) is 14.0 Å². The summed E-state index contributed by atoms with van der Waals surface area (Å²) >= 11 is 6.27. The zero-order chi connectivity index (χ0) is 23.4. The highest BCUT2D eigenvalue weighted by molar-refractivity contribution is 6.36. The maximum atomic E-state index is 14.5. The number of carbonyl (C=O) groups is 1. The predicted molar refractivity (Wildman–Crippen MR) is 112 cm³/mol. The number of benzene rings is 1. The Morgan fingerprint density at radius 3 is 2.59 bits per heavy atom. The maximum absolute atomic E-state index is 14.5. The van der Waals surface area contributed by atoms with E-state index >= 15 is 0 Å². The molecule has 1 heterocycles. The van der Waals surface area contributed by atoms with Crippen molar-refractivity contribution in [2.24, 2.45) is 12.8 Å². The van der Waals surface area contributed by atoms with E-state index in [4.69, 9.17) is 31.5 Å². The number of aryl methyl sites for hydroxylation is 1. The number of alkyl halides is 2. The first-order valence-corrected chi connectivity index (χ1v) is 10.6. The topological polar surface area (TPSA) is 101 Å². The lowest BCUT2D eigenvalue weighted by Crippen LogP contribution is -2.40. The van der Waals surface area contributed by atoms with Crippen LogP contribution in [-0.2, 0) is 11.8 Å². The standard InChI is InChI=1S/C20H26ClF3N4O4/c1-10(26-19(25)29)8-30-11-3-5-12(6-4-11)32-20-27-17-13(22)7-14(31-9-15(23)24)16(21)18(17)28(20)2/h7,10-12,15H,3-6,8-9H2,1-2H3,(H3,25,26,29)/t10-,11?,12?/m0/s1. The number of nitrogens with one attached hydrogen (secondary N) is 1. The van der Waals surface area contributed by atoms with Gasteiger partial charge in [0.2, 0.25) is 0 Å². The summed E-state index contributed by atoms with van der Waals surface area (Å²) in [6.45, 7) is 1.27. The molecule has 178 valence electrons. The van der Waals surface area contributed by atoms with Gasteiger partial charge in [0.15, 0.2) is 5.82 Å². The van der Waals surface area contributed by atoms with Crippen molar-refractivity contribution < 1.29 is 32.2 Å². The fourth-order valence-corrected chi connectivity index (χ4v) is 3.98. The van der Waals surface area contributed by atoms with Crippen LogP contribution in [0.1, 0.15) is 32.6 Å². The number of hydrogen-bond acceptors (Lipinski definition) is 5. The summed E-state index contributed by atoms with van der Waals surface area (Å²) in [7, 11) is 1.61. The molecule has 0 radical (unpaired) electrons. The van der Waals surface area contributed by atoms with Gasteiger partial charge in [-0.1, -0.05) is 11.6 Å². The molecule has 12 heteroatoms. The van der Waals surface area contributed by atoms with Gasteiger partial charge in [-0.3, -0.25) is 4.57 Å². The van der Waals surface area contributed by atoms with E-state index in [1.807, 2.05) is 0 Å². The lowest BCUT2D eigenvalue weighted by Gasteiger charge is -2.29. The van der Waals surface area contributed by atoms with Gasteiger partial charge in [0.1, 0.15) is 29.0 Å². The number of hydrogen-bond donors (Lipinski definition) is 2. The molecule has 3 rings (SSSR count). The number of primary amides is 1. The molecular formula is C20H26ClF3N4O4. The van der Waals surface area contributed by atoms with Gasteiger partial charge in [0, 0.05) is 13.1 Å². The number of urea groups is 1. The van der Waals surface area contributed by atoms with E-state index in [0.717, 1.165) is 18.9 Å². The molecule has 0 aliphatic heterocycles. The molecule has 0 saturated heterocycles. The number of carbonyl (C=O) groups excluding carboxylic acids is 1. The van der Waals surface area contributed by atoms with Gasteiger partial charge < -0.3 is 25.3 Å². The van der Waals surface area contributed by atoms with Crippen LogP contribution < -0.4 is 20.5 Å². The Balaban J connectivity index is 1.62. The maximum Gasteiger partial charge on any atom is 0.312 e. The van der Waals surface area contributed by atoms with Gasteiger partial charge in [-0.25, -0.2) is 18.0 Å². The molecule has 0 spiro atoms. The van der Waals surface area contributed by atoms with E-state index in [1.165, 1.54) is 4.57 Å². The molecule has 1 atom stereocenters. The number of nitrogens with two attached hydrogens (primary N) is 1. The second kappa shape index (κ2) is 10.5. The summed E-state index contributed by atoms with van der Waals surface area (Å²) in [4.78, 5) is 15.1. The highest BCUT2D eigenvalue weighted by Gasteiger charge is 2.26. The van der Waals surface area contributed by atoms with Crippen LogP contribution in [0.3, 0.4) is 0 Å². The number of amides is 2. The number of imidazole rings is 1. The average molecular weight is 479 g/mol. The minimum Gasteiger partial charge on any atom is -0.486 e. The third-order valence-electron chi connectivity index (χ3n) is 5.19. The number of fused-ring (bicyclic) bond motifs is 1. The van der Waals surface area contributed by atoms with E-state index < -0.39 is 24.9 Å². The molecule has 8 nitrogen and oxygen atoms in total. The van der Waals surface area contributed by atoms with Crippen LogP contribution >= 0.6 is 11.6 Å². The van der Waals surface area contributed by atoms with Gasteiger partial charge in [-0.05, 0) is 32.6 Å². The van der Waals surface area contributed by atoms with Gasteiger partial charge in [0.25, 0.3) is 12.4 Å². The SMILES string of the molecule is C[C@@H](COC1CCC(Oc2nc3c(F)cc(OCC(F)F)c(Cl)c3n2C)CC1)NC(N)=O. The van der Waals surface area contributed by atoms with Gasteiger partial charge in [0.05, 0.1) is 24.3 Å². The van der Waals surface area contributed by atoms with Crippen LogP contribution in [0.15, 0.2) is 6.07 Å². The van der Waals surface area contributed by atoms with Crippen molar-refractivity contribution in [3.8, 4) is 11.8 Å². The van der Waals surface area contributed by atoms with Gasteiger partial charge in [-0.15, -0.1) is 0 Å². The fourth-order valence-electron chi connectivity index (χ4n) is 3.65. The summed E-state index contributed by atoms with van der Waals surface area (Å²) in [5.41, 5.74) is 5.27. The number of halogens is 4. The number of ether oxygens (including phenoxy) is 3. The van der Waals surface area contributed by atoms with Crippen LogP contribution in [0.4, 0.5) is 18.0 Å². The van der Waals surface area contributed by atoms with Crippen molar-refractivity contribution in [1.29, 1.82) is 0 Å². The first-order chi connectivity index (χ1) is 15.2. The Bertz CT molecular complexity index is 951. The zero-order valence-electron chi connectivity index (χ0n) is 17.7. The second-order valence-electron chi connectivity index (χ2n) is 7.78. The monoisotopic (exact) mass is 478 g/mol. The van der Waals surface area contributed by atoms with Crippen LogP contribution in [-0.4, -0.2) is 53.5 Å². The summed E-state index contributed by atoms with van der Waals surface area (Å²) in [5.74, 6) is -0.917. The number of aromatic nitrogens is 2. The third kappa shape index (κ3) is 5.89. The molecule has 0 unspecified atom stereocenters. The van der Waals surface area contributed by atoms with Crippen LogP contribution in [0.2, 0.25) is 5.02 Å². The summed E-state index contributed by atoms with van der Waals surface area (Å²) in [6, 6.07) is 0.344. The Kier molecular flexibility index (Phi) is 7.94. The van der Waals surface area contributed by atoms with Crippen LogP contribution in [0.5, 0.6) is 11.8 Å². The summed E-state index contributed by atoms with van der Waals surface area (Å²) < 4.78 is 57.6. The first-order valence-electron chi connectivity index (χ1n) is 10.2. The van der Waals surface area contributed by atoms with Gasteiger partial charge >= 0.3 is 6.03 Å². The Morgan fingerprint density at radius 2 is 1.97 bits per heavy atom. The molecule has 1 fully saturated rings. The van der Waals surface area contributed by atoms with Crippen molar-refractivity contribution in [2.45, 2.75) is 57.3 Å². The molecule has 1 aliphatic carbocycles. The zero-order valence-corrected chi connectivity index (χ0v) is 18.5. The average Bonchev–Trinajstić information content (AvgIpc) is 3.05. The molecule has 2 aromatic rings. The van der Waals surface area contributed by atoms with E-state index in [-0.39, 0.29) is 46.1 Å². The minimum atomic E-state index is -2.71. The second-order valence-corrected chi connectivity index (χ2v) is 8.16. The molecular weight excluding hydrogens is 453 g/mol. The fraction of sp³-hybridized carbons (Fsp3) is 0.600. The van der Waals surface area contributed by atoms with Crippen molar-refractivity contribution in [1.82, 2.24) is 14.9 Å². The highest BCUT2D eigenvalue weighted by Crippen LogP contribution is 2.37. The first kappa shape index (κ1) is 24.2. The Labute approximate surface area is 188 Å². The predicted octanol–water partition coefficient (Wildman–Crippen LogP) is 3.77. The highest BCUT2D eigenvalue weighted by atomic mass is 35.5. The summed E-state index contributed by atoms with van der Waals surface area (Å²) in [5, 5.41) is 2.55. The molecule has 1 aliphatic rings. The van der Waals surface area contributed by atoms with Crippen molar-refractivity contribution in [3.63, 3.8) is 0 Å². The Morgan fingerprint density at radius 1 is 1.31 bits per heavy atom. The van der Waals surface area contributed by atoms with Crippen LogP contribution in [0, 0.1) is 5.82 Å². The Hall–Kier alpha value is -2.40. The molecule has 32 heavy (non-hydrogen) atoms. The summed E-state index contributed by atoms with van der Waals surface area (Å²) in [6.07, 6.45) is 0.0698. The van der Waals surface area contributed by atoms with Crippen LogP contribution in [0.25, 0.3) is 11.0 Å². The molecule has 1 aromatic heterocycles. The molecule has 2 amide bonds. The van der Waals surface area contributed by atoms with Crippen molar-refractivity contribution in [3.05, 3.63) is 16.9 Å². The van der Waals surface area contributed by atoms with E-state index in [2.05, 4.69) is 10.3 Å². The number of rotatable bonds is 9. The quantitative estimate of drug-likeness (QED) is 0.571. The minimum absolute atomic E-state index is 0.0114. The van der Waals surface area contributed by atoms with E-state index in [0.29, 0.717) is 19.4 Å². The lowest BCUT2D eigenvalue weighted by atomic mass is 9.95. The van der Waals surface area contributed by atoms with Crippen molar-refractivity contribution >= 4 is 28.7 Å².